The maximum absolute atomic E-state index is 10.9. The number of aromatic nitrogens is 1. The summed E-state index contributed by atoms with van der Waals surface area (Å²) in [4.78, 5) is 13.8. The van der Waals surface area contributed by atoms with Crippen molar-refractivity contribution in [3.8, 4) is 0 Å². The lowest BCUT2D eigenvalue weighted by atomic mass is 9.91. The molecule has 0 spiro atoms. The van der Waals surface area contributed by atoms with Crippen molar-refractivity contribution in [3.63, 3.8) is 0 Å². The van der Waals surface area contributed by atoms with Gasteiger partial charge in [-0.1, -0.05) is 25.7 Å². The maximum atomic E-state index is 10.9. The van der Waals surface area contributed by atoms with Gasteiger partial charge in [-0.25, -0.2) is 0 Å². The Labute approximate surface area is 112 Å². The Morgan fingerprint density at radius 2 is 1.89 bits per heavy atom. The summed E-state index contributed by atoms with van der Waals surface area (Å²) in [5.74, 6) is 0.554. The number of H-pyrrole nitrogens is 1. The van der Waals surface area contributed by atoms with Crippen LogP contribution in [0.25, 0.3) is 10.9 Å². The molecule has 1 aliphatic rings. The van der Waals surface area contributed by atoms with Crippen LogP contribution in [0.2, 0.25) is 0 Å². The quantitative estimate of drug-likeness (QED) is 0.489. The van der Waals surface area contributed by atoms with E-state index in [-0.39, 0.29) is 10.6 Å². The molecule has 1 N–H and O–H groups in total. The topological polar surface area (TPSA) is 58.9 Å². The molecule has 0 amide bonds. The van der Waals surface area contributed by atoms with Crippen LogP contribution >= 0.6 is 0 Å². The van der Waals surface area contributed by atoms with Gasteiger partial charge in [0.2, 0.25) is 0 Å². The van der Waals surface area contributed by atoms with E-state index in [0.29, 0.717) is 5.92 Å². The predicted octanol–water partition coefficient (Wildman–Crippen LogP) is 4.51. The first-order chi connectivity index (χ1) is 9.25. The Morgan fingerprint density at radius 3 is 2.58 bits per heavy atom. The maximum Gasteiger partial charge on any atom is 0.270 e. The number of nitrogens with one attached hydrogen (secondary N) is 1. The molecule has 0 unspecified atom stereocenters. The van der Waals surface area contributed by atoms with Crippen molar-refractivity contribution in [3.05, 3.63) is 40.1 Å². The summed E-state index contributed by atoms with van der Waals surface area (Å²) in [6, 6.07) is 5.09. The van der Waals surface area contributed by atoms with Gasteiger partial charge >= 0.3 is 0 Å². The third-order valence-corrected chi connectivity index (χ3v) is 4.20. The van der Waals surface area contributed by atoms with Gasteiger partial charge in [-0.05, 0) is 30.4 Å². The van der Waals surface area contributed by atoms with Crippen molar-refractivity contribution >= 4 is 16.6 Å². The number of hydrogen-bond donors (Lipinski definition) is 1. The molecule has 1 aromatic carbocycles. The summed E-state index contributed by atoms with van der Waals surface area (Å²) >= 11 is 0. The lowest BCUT2D eigenvalue weighted by molar-refractivity contribution is -0.384. The van der Waals surface area contributed by atoms with Gasteiger partial charge in [0.05, 0.1) is 4.92 Å². The highest BCUT2D eigenvalue weighted by atomic mass is 16.6. The number of hydrogen-bond acceptors (Lipinski definition) is 2. The van der Waals surface area contributed by atoms with Crippen LogP contribution < -0.4 is 0 Å². The molecule has 1 aliphatic carbocycles. The Bertz CT molecular complexity index is 595. The number of aromatic amines is 1. The van der Waals surface area contributed by atoms with E-state index in [2.05, 4.69) is 4.98 Å². The lowest BCUT2D eigenvalue weighted by Gasteiger charge is -2.12. The first-order valence-electron chi connectivity index (χ1n) is 7.01. The van der Waals surface area contributed by atoms with E-state index in [0.717, 1.165) is 10.9 Å². The molecule has 0 atom stereocenters. The van der Waals surface area contributed by atoms with Gasteiger partial charge in [0.15, 0.2) is 0 Å². The van der Waals surface area contributed by atoms with Crippen LogP contribution in [0.3, 0.4) is 0 Å². The smallest absolute Gasteiger partial charge is 0.270 e. The number of non-ortho nitro benzene ring substituents is 1. The summed E-state index contributed by atoms with van der Waals surface area (Å²) < 4.78 is 0. The van der Waals surface area contributed by atoms with Gasteiger partial charge < -0.3 is 4.98 Å². The molecular formula is C15H18N2O2. The van der Waals surface area contributed by atoms with Gasteiger partial charge in [-0.2, -0.15) is 0 Å². The molecule has 2 aromatic rings. The second-order valence-electron chi connectivity index (χ2n) is 5.42. The molecule has 4 nitrogen and oxygen atoms in total. The molecule has 0 bridgehead atoms. The van der Waals surface area contributed by atoms with E-state index in [9.17, 15) is 10.1 Å². The van der Waals surface area contributed by atoms with E-state index < -0.39 is 0 Å². The number of nitro benzene ring substituents is 1. The largest absolute Gasteiger partial charge is 0.361 e. The molecule has 1 saturated carbocycles. The average Bonchev–Trinajstić information content (AvgIpc) is 2.64. The van der Waals surface area contributed by atoms with E-state index >= 15 is 0 Å². The van der Waals surface area contributed by atoms with Crippen molar-refractivity contribution in [2.75, 3.05) is 0 Å². The standard InChI is InChI=1S/C15H18N2O2/c18-17(19)12-7-8-15-13(9-12)14(10-16-15)11-5-3-1-2-4-6-11/h7-11,16H,1-6H2. The highest BCUT2D eigenvalue weighted by molar-refractivity contribution is 5.85. The minimum atomic E-state index is -0.316. The Hall–Kier alpha value is -1.84. The zero-order chi connectivity index (χ0) is 13.2. The SMILES string of the molecule is O=[N+]([O-])c1ccc2[nH]cc(C3CCCCCC3)c2c1. The number of nitro groups is 1. The third-order valence-electron chi connectivity index (χ3n) is 4.20. The van der Waals surface area contributed by atoms with Gasteiger partial charge in [0.25, 0.3) is 5.69 Å². The molecular weight excluding hydrogens is 240 g/mol. The molecule has 1 aromatic heterocycles. The van der Waals surface area contributed by atoms with Crippen molar-refractivity contribution in [1.29, 1.82) is 0 Å². The number of rotatable bonds is 2. The Morgan fingerprint density at radius 1 is 1.16 bits per heavy atom. The second-order valence-corrected chi connectivity index (χ2v) is 5.42. The van der Waals surface area contributed by atoms with Gasteiger partial charge in [-0.3, -0.25) is 10.1 Å². The van der Waals surface area contributed by atoms with Crippen molar-refractivity contribution in [2.24, 2.45) is 0 Å². The number of nitrogens with zero attached hydrogens (tertiary/aromatic N) is 1. The Kier molecular flexibility index (Phi) is 3.23. The molecule has 1 heterocycles. The van der Waals surface area contributed by atoms with E-state index in [4.69, 9.17) is 0 Å². The fraction of sp³-hybridized carbons (Fsp3) is 0.467. The number of fused-ring (bicyclic) bond motifs is 1. The first kappa shape index (κ1) is 12.2. The zero-order valence-electron chi connectivity index (χ0n) is 10.9. The second kappa shape index (κ2) is 5.03. The molecule has 3 rings (SSSR count). The molecule has 19 heavy (non-hydrogen) atoms. The first-order valence-corrected chi connectivity index (χ1v) is 7.01. The van der Waals surface area contributed by atoms with Crippen LogP contribution in [-0.4, -0.2) is 9.91 Å². The fourth-order valence-electron chi connectivity index (χ4n) is 3.17. The van der Waals surface area contributed by atoms with Crippen LogP contribution in [0.15, 0.2) is 24.4 Å². The zero-order valence-corrected chi connectivity index (χ0v) is 10.9. The highest BCUT2D eigenvalue weighted by Crippen LogP contribution is 2.36. The molecule has 0 aliphatic heterocycles. The summed E-state index contributed by atoms with van der Waals surface area (Å²) in [5.41, 5.74) is 2.45. The normalized spacial score (nSPS) is 17.5. The highest BCUT2D eigenvalue weighted by Gasteiger charge is 2.19. The van der Waals surface area contributed by atoms with Crippen molar-refractivity contribution < 1.29 is 4.92 Å². The van der Waals surface area contributed by atoms with Crippen LogP contribution in [-0.2, 0) is 0 Å². The Balaban J connectivity index is 2.02. The fourth-order valence-corrected chi connectivity index (χ4v) is 3.17. The van der Waals surface area contributed by atoms with Gasteiger partial charge in [0.1, 0.15) is 0 Å². The van der Waals surface area contributed by atoms with Crippen molar-refractivity contribution in [2.45, 2.75) is 44.4 Å². The van der Waals surface area contributed by atoms with E-state index in [1.54, 1.807) is 12.1 Å². The van der Waals surface area contributed by atoms with Crippen LogP contribution in [0.4, 0.5) is 5.69 Å². The molecule has 4 heteroatoms. The van der Waals surface area contributed by atoms with E-state index in [1.165, 1.54) is 44.1 Å². The number of benzene rings is 1. The van der Waals surface area contributed by atoms with Gasteiger partial charge in [-0.15, -0.1) is 0 Å². The summed E-state index contributed by atoms with van der Waals surface area (Å²) in [7, 11) is 0. The van der Waals surface area contributed by atoms with E-state index in [1.807, 2.05) is 12.3 Å². The average molecular weight is 258 g/mol. The summed E-state index contributed by atoms with van der Waals surface area (Å²) in [6.07, 6.45) is 9.63. The lowest BCUT2D eigenvalue weighted by Crippen LogP contribution is -1.96. The monoisotopic (exact) mass is 258 g/mol. The van der Waals surface area contributed by atoms with Crippen molar-refractivity contribution in [1.82, 2.24) is 4.98 Å². The molecule has 100 valence electrons. The minimum Gasteiger partial charge on any atom is -0.361 e. The predicted molar refractivity (Wildman–Crippen MR) is 75.4 cm³/mol. The van der Waals surface area contributed by atoms with Crippen LogP contribution in [0.5, 0.6) is 0 Å². The summed E-state index contributed by atoms with van der Waals surface area (Å²) in [5, 5.41) is 11.9. The van der Waals surface area contributed by atoms with Gasteiger partial charge in [0, 0.05) is 29.2 Å². The molecule has 1 fully saturated rings. The molecule has 0 saturated heterocycles. The van der Waals surface area contributed by atoms with Crippen LogP contribution in [0.1, 0.15) is 50.0 Å². The van der Waals surface area contributed by atoms with Crippen LogP contribution in [0, 0.1) is 10.1 Å². The third kappa shape index (κ3) is 2.35. The molecule has 0 radical (unpaired) electrons. The summed E-state index contributed by atoms with van der Waals surface area (Å²) in [6.45, 7) is 0. The minimum absolute atomic E-state index is 0.182.